The van der Waals surface area contributed by atoms with Crippen LogP contribution in [-0.4, -0.2) is 12.6 Å². The molecule has 0 saturated heterocycles. The fourth-order valence-corrected chi connectivity index (χ4v) is 3.39. The number of hydrogen-bond acceptors (Lipinski definition) is 2. The first-order valence-electron chi connectivity index (χ1n) is 6.62. The minimum Gasteiger partial charge on any atom is -0.314 e. The molecule has 0 bridgehead atoms. The van der Waals surface area contributed by atoms with Crippen LogP contribution in [0.2, 0.25) is 0 Å². The highest BCUT2D eigenvalue weighted by atomic mass is 32.1. The molecular weight excluding hydrogens is 214 g/mol. The van der Waals surface area contributed by atoms with E-state index in [0.717, 1.165) is 12.5 Å². The highest BCUT2D eigenvalue weighted by Crippen LogP contribution is 2.26. The van der Waals surface area contributed by atoms with Crippen molar-refractivity contribution >= 4 is 11.3 Å². The predicted molar refractivity (Wildman–Crippen MR) is 72.1 cm³/mol. The molecule has 90 valence electrons. The molecular formula is C14H23NS. The SMILES string of the molecule is CC(NCCc1cccs1)C1CCCCC1. The van der Waals surface area contributed by atoms with Gasteiger partial charge >= 0.3 is 0 Å². The van der Waals surface area contributed by atoms with Crippen LogP contribution >= 0.6 is 11.3 Å². The van der Waals surface area contributed by atoms with Crippen LogP contribution in [-0.2, 0) is 6.42 Å². The van der Waals surface area contributed by atoms with Gasteiger partial charge in [-0.1, -0.05) is 25.3 Å². The molecule has 1 nitrogen and oxygen atoms in total. The van der Waals surface area contributed by atoms with E-state index < -0.39 is 0 Å². The van der Waals surface area contributed by atoms with Gasteiger partial charge in [0.25, 0.3) is 0 Å². The van der Waals surface area contributed by atoms with Gasteiger partial charge in [-0.15, -0.1) is 11.3 Å². The summed E-state index contributed by atoms with van der Waals surface area (Å²) in [6, 6.07) is 5.09. The summed E-state index contributed by atoms with van der Waals surface area (Å²) in [4.78, 5) is 1.50. The minimum atomic E-state index is 0.709. The molecule has 1 fully saturated rings. The van der Waals surface area contributed by atoms with E-state index in [9.17, 15) is 0 Å². The van der Waals surface area contributed by atoms with E-state index in [1.165, 1.54) is 43.4 Å². The zero-order valence-electron chi connectivity index (χ0n) is 10.2. The van der Waals surface area contributed by atoms with E-state index in [1.54, 1.807) is 0 Å². The standard InChI is InChI=1S/C14H23NS/c1-12(13-6-3-2-4-7-13)15-10-9-14-8-5-11-16-14/h5,8,11-13,15H,2-4,6-7,9-10H2,1H3. The maximum atomic E-state index is 3.70. The van der Waals surface area contributed by atoms with Crippen molar-refractivity contribution in [3.8, 4) is 0 Å². The van der Waals surface area contributed by atoms with Crippen molar-refractivity contribution in [2.45, 2.75) is 51.5 Å². The van der Waals surface area contributed by atoms with Crippen molar-refractivity contribution in [1.29, 1.82) is 0 Å². The number of nitrogens with one attached hydrogen (secondary N) is 1. The highest BCUT2D eigenvalue weighted by molar-refractivity contribution is 7.09. The molecule has 1 saturated carbocycles. The van der Waals surface area contributed by atoms with Crippen LogP contribution in [0.4, 0.5) is 0 Å². The molecule has 1 aromatic rings. The molecule has 1 heterocycles. The van der Waals surface area contributed by atoms with Crippen molar-refractivity contribution in [1.82, 2.24) is 5.32 Å². The number of hydrogen-bond donors (Lipinski definition) is 1. The monoisotopic (exact) mass is 237 g/mol. The summed E-state index contributed by atoms with van der Waals surface area (Å²) < 4.78 is 0. The normalized spacial score (nSPS) is 19.8. The topological polar surface area (TPSA) is 12.0 Å². The van der Waals surface area contributed by atoms with Crippen LogP contribution in [0.25, 0.3) is 0 Å². The second-order valence-electron chi connectivity index (χ2n) is 4.97. The Balaban J connectivity index is 1.65. The average molecular weight is 237 g/mol. The van der Waals surface area contributed by atoms with Gasteiger partial charge in [0, 0.05) is 17.5 Å². The van der Waals surface area contributed by atoms with E-state index in [-0.39, 0.29) is 0 Å². The smallest absolute Gasteiger partial charge is 0.00671 e. The summed E-state index contributed by atoms with van der Waals surface area (Å²) in [7, 11) is 0. The third-order valence-corrected chi connectivity index (χ3v) is 4.71. The summed E-state index contributed by atoms with van der Waals surface area (Å²) >= 11 is 1.87. The van der Waals surface area contributed by atoms with Crippen LogP contribution in [0.3, 0.4) is 0 Å². The lowest BCUT2D eigenvalue weighted by Gasteiger charge is -2.28. The fourth-order valence-electron chi connectivity index (χ4n) is 2.68. The lowest BCUT2D eigenvalue weighted by molar-refractivity contribution is 0.283. The van der Waals surface area contributed by atoms with Gasteiger partial charge < -0.3 is 5.32 Å². The molecule has 0 aromatic carbocycles. The molecule has 0 aliphatic heterocycles. The number of rotatable bonds is 5. The third kappa shape index (κ3) is 3.60. The van der Waals surface area contributed by atoms with E-state index >= 15 is 0 Å². The van der Waals surface area contributed by atoms with Crippen molar-refractivity contribution in [2.24, 2.45) is 5.92 Å². The molecule has 1 aliphatic carbocycles. The van der Waals surface area contributed by atoms with Crippen LogP contribution in [0, 0.1) is 5.92 Å². The lowest BCUT2D eigenvalue weighted by atomic mass is 9.84. The van der Waals surface area contributed by atoms with E-state index in [0.29, 0.717) is 6.04 Å². The second kappa shape index (κ2) is 6.41. The van der Waals surface area contributed by atoms with E-state index in [2.05, 4.69) is 29.8 Å². The Bertz CT molecular complexity index is 275. The zero-order valence-corrected chi connectivity index (χ0v) is 11.1. The highest BCUT2D eigenvalue weighted by Gasteiger charge is 2.19. The summed E-state index contributed by atoms with van der Waals surface area (Å²) in [5.74, 6) is 0.928. The van der Waals surface area contributed by atoms with Crippen LogP contribution in [0.1, 0.15) is 43.9 Å². The Morgan fingerprint density at radius 1 is 1.38 bits per heavy atom. The van der Waals surface area contributed by atoms with Crippen molar-refractivity contribution in [2.75, 3.05) is 6.54 Å². The summed E-state index contributed by atoms with van der Waals surface area (Å²) in [6.45, 7) is 3.50. The predicted octanol–water partition coefficient (Wildman–Crippen LogP) is 3.85. The van der Waals surface area contributed by atoms with Gasteiger partial charge in [-0.2, -0.15) is 0 Å². The summed E-state index contributed by atoms with van der Waals surface area (Å²) in [6.07, 6.45) is 8.41. The van der Waals surface area contributed by atoms with Crippen molar-refractivity contribution < 1.29 is 0 Å². The fraction of sp³-hybridized carbons (Fsp3) is 0.714. The van der Waals surface area contributed by atoms with E-state index in [1.807, 2.05) is 11.3 Å². The minimum absolute atomic E-state index is 0.709. The maximum absolute atomic E-state index is 3.70. The van der Waals surface area contributed by atoms with Gasteiger partial charge in [0.05, 0.1) is 0 Å². The molecule has 0 amide bonds. The van der Waals surface area contributed by atoms with Gasteiger partial charge in [0.2, 0.25) is 0 Å². The Hall–Kier alpha value is -0.340. The van der Waals surface area contributed by atoms with Crippen LogP contribution < -0.4 is 5.32 Å². The lowest BCUT2D eigenvalue weighted by Crippen LogP contribution is -2.35. The summed E-state index contributed by atoms with van der Waals surface area (Å²) in [5.41, 5.74) is 0. The largest absolute Gasteiger partial charge is 0.314 e. The molecule has 0 spiro atoms. The molecule has 16 heavy (non-hydrogen) atoms. The Kier molecular flexibility index (Phi) is 4.86. The first kappa shape index (κ1) is 12.1. The van der Waals surface area contributed by atoms with Gasteiger partial charge in [-0.25, -0.2) is 0 Å². The molecule has 2 heteroatoms. The molecule has 2 rings (SSSR count). The molecule has 1 aromatic heterocycles. The van der Waals surface area contributed by atoms with Gasteiger partial charge in [-0.3, -0.25) is 0 Å². The first-order chi connectivity index (χ1) is 7.86. The van der Waals surface area contributed by atoms with Gasteiger partial charge in [0.1, 0.15) is 0 Å². The maximum Gasteiger partial charge on any atom is 0.00671 e. The molecule has 1 atom stereocenters. The second-order valence-corrected chi connectivity index (χ2v) is 6.00. The number of thiophene rings is 1. The van der Waals surface area contributed by atoms with Crippen molar-refractivity contribution in [3.05, 3.63) is 22.4 Å². The third-order valence-electron chi connectivity index (χ3n) is 3.77. The molecule has 1 N–H and O–H groups in total. The zero-order chi connectivity index (χ0) is 11.2. The Morgan fingerprint density at radius 2 is 2.19 bits per heavy atom. The quantitative estimate of drug-likeness (QED) is 0.820. The van der Waals surface area contributed by atoms with Gasteiger partial charge in [0.15, 0.2) is 0 Å². The molecule has 0 radical (unpaired) electrons. The Morgan fingerprint density at radius 3 is 2.88 bits per heavy atom. The van der Waals surface area contributed by atoms with Crippen LogP contribution in [0.15, 0.2) is 17.5 Å². The summed E-state index contributed by atoms with van der Waals surface area (Å²) in [5, 5.41) is 5.86. The van der Waals surface area contributed by atoms with Crippen molar-refractivity contribution in [3.63, 3.8) is 0 Å². The van der Waals surface area contributed by atoms with Crippen LogP contribution in [0.5, 0.6) is 0 Å². The molecule has 1 unspecified atom stereocenters. The van der Waals surface area contributed by atoms with E-state index in [4.69, 9.17) is 0 Å². The Labute approximate surface area is 103 Å². The average Bonchev–Trinajstić information content (AvgIpc) is 2.83. The first-order valence-corrected chi connectivity index (χ1v) is 7.50. The molecule has 1 aliphatic rings. The van der Waals surface area contributed by atoms with Gasteiger partial charge in [-0.05, 0) is 43.6 Å².